The van der Waals surface area contributed by atoms with E-state index in [-0.39, 0.29) is 39.7 Å². The zero-order valence-electron chi connectivity index (χ0n) is 18.7. The summed E-state index contributed by atoms with van der Waals surface area (Å²) in [6.45, 7) is 1.50. The molecule has 0 fully saturated rings. The van der Waals surface area contributed by atoms with Crippen molar-refractivity contribution in [2.75, 3.05) is 5.32 Å². The van der Waals surface area contributed by atoms with Gasteiger partial charge in [-0.2, -0.15) is 27.1 Å². The first kappa shape index (κ1) is 24.7. The van der Waals surface area contributed by atoms with Gasteiger partial charge in [0.05, 0.1) is 16.3 Å². The lowest BCUT2D eigenvalue weighted by molar-refractivity contribution is -0.284. The number of carbonyl (C=O) groups excluding carboxylic acids is 1. The van der Waals surface area contributed by atoms with Gasteiger partial charge in [-0.25, -0.2) is 14.5 Å². The van der Waals surface area contributed by atoms with E-state index in [0.717, 1.165) is 6.33 Å². The number of alkyl halides is 5. The maximum atomic E-state index is 13.6. The zero-order chi connectivity index (χ0) is 26.8. The van der Waals surface area contributed by atoms with Crippen molar-refractivity contribution in [3.63, 3.8) is 0 Å². The minimum atomic E-state index is -5.70. The van der Waals surface area contributed by atoms with E-state index in [1.165, 1.54) is 42.0 Å². The van der Waals surface area contributed by atoms with Crippen LogP contribution in [0.5, 0.6) is 0 Å². The molecule has 5 heterocycles. The second-order valence-electron chi connectivity index (χ2n) is 8.56. The standard InChI is InChI=1S/C22H15ClF5N7O2/c1-20(13-3-2-12(23)7-29-13)14-16(34-19(20)37)32-15(33-18(14)36)11-6-10(17-30-9-31-35(17)8-11)4-5-21(24,25)22(26,27)28/h2-3,6-9H,4-5H2,1H3,(H2,32,33,34,36,37). The van der Waals surface area contributed by atoms with Crippen LogP contribution in [0.4, 0.5) is 27.8 Å². The number of aryl methyl sites for hydroxylation is 1. The van der Waals surface area contributed by atoms with Crippen LogP contribution in [0.15, 0.2) is 41.7 Å². The zero-order valence-corrected chi connectivity index (χ0v) is 19.5. The summed E-state index contributed by atoms with van der Waals surface area (Å²) in [5.74, 6) is -5.59. The Bertz CT molecular complexity index is 1600. The van der Waals surface area contributed by atoms with E-state index in [0.29, 0.717) is 5.02 Å². The third kappa shape index (κ3) is 4.00. The van der Waals surface area contributed by atoms with E-state index >= 15 is 0 Å². The van der Waals surface area contributed by atoms with Crippen molar-refractivity contribution >= 4 is 29.0 Å². The van der Waals surface area contributed by atoms with Gasteiger partial charge in [-0.1, -0.05) is 11.6 Å². The van der Waals surface area contributed by atoms with Crippen LogP contribution in [0.25, 0.3) is 17.0 Å². The molecule has 0 saturated carbocycles. The van der Waals surface area contributed by atoms with E-state index in [1.54, 1.807) is 0 Å². The Balaban J connectivity index is 1.57. The molecule has 9 nitrogen and oxygen atoms in total. The van der Waals surface area contributed by atoms with Gasteiger partial charge in [0.15, 0.2) is 5.65 Å². The number of nitrogens with zero attached hydrogens (tertiary/aromatic N) is 5. The summed E-state index contributed by atoms with van der Waals surface area (Å²) >= 11 is 5.88. The molecule has 1 aliphatic rings. The van der Waals surface area contributed by atoms with Gasteiger partial charge in [-0.3, -0.25) is 14.6 Å². The van der Waals surface area contributed by atoms with Crippen LogP contribution < -0.4 is 10.9 Å². The SMILES string of the molecule is CC1(c2ccc(Cl)cn2)C(=O)Nc2nc(-c3cc(CCC(F)(F)C(F)(F)F)c4ncnn4c3)[nH]c(=O)c21. The number of hydrogen-bond acceptors (Lipinski definition) is 6. The molecule has 1 aliphatic heterocycles. The largest absolute Gasteiger partial charge is 0.453 e. The van der Waals surface area contributed by atoms with E-state index < -0.39 is 41.8 Å². The van der Waals surface area contributed by atoms with Gasteiger partial charge in [0.2, 0.25) is 5.91 Å². The number of nitrogens with one attached hydrogen (secondary N) is 2. The van der Waals surface area contributed by atoms with Crippen LogP contribution >= 0.6 is 11.6 Å². The van der Waals surface area contributed by atoms with Gasteiger partial charge < -0.3 is 10.3 Å². The van der Waals surface area contributed by atoms with Crippen LogP contribution in [0.1, 0.15) is 30.2 Å². The number of anilines is 1. The van der Waals surface area contributed by atoms with Crippen LogP contribution in [-0.2, 0) is 16.6 Å². The van der Waals surface area contributed by atoms with E-state index in [1.807, 2.05) is 0 Å². The Hall–Kier alpha value is -3.94. The minimum Gasteiger partial charge on any atom is -0.309 e. The number of pyridine rings is 2. The number of fused-ring (bicyclic) bond motifs is 2. The molecule has 0 radical (unpaired) electrons. The van der Waals surface area contributed by atoms with Crippen molar-refractivity contribution in [2.45, 2.75) is 37.3 Å². The Labute approximate surface area is 208 Å². The first-order valence-corrected chi connectivity index (χ1v) is 11.0. The number of H-pyrrole nitrogens is 1. The first-order chi connectivity index (χ1) is 17.3. The van der Waals surface area contributed by atoms with Crippen LogP contribution in [0.2, 0.25) is 5.02 Å². The lowest BCUT2D eigenvalue weighted by Gasteiger charge is -2.20. The summed E-state index contributed by atoms with van der Waals surface area (Å²) in [5.41, 5.74) is -1.66. The molecule has 2 N–H and O–H groups in total. The lowest BCUT2D eigenvalue weighted by Crippen LogP contribution is -2.37. The summed E-state index contributed by atoms with van der Waals surface area (Å²) in [6, 6.07) is 4.32. The molecule has 1 atom stereocenters. The molecule has 1 unspecified atom stereocenters. The molecule has 4 aromatic heterocycles. The quantitative estimate of drug-likeness (QED) is 0.371. The molecule has 192 valence electrons. The number of aromatic nitrogens is 6. The molecule has 5 rings (SSSR count). The second kappa shape index (κ2) is 8.30. The van der Waals surface area contributed by atoms with E-state index in [9.17, 15) is 31.5 Å². The fraction of sp³-hybridized carbons (Fsp3) is 0.273. The fourth-order valence-electron chi connectivity index (χ4n) is 4.17. The molecule has 15 heteroatoms. The summed E-state index contributed by atoms with van der Waals surface area (Å²) in [7, 11) is 0. The highest BCUT2D eigenvalue weighted by molar-refractivity contribution is 6.30. The molecule has 4 aromatic rings. The first-order valence-electron chi connectivity index (χ1n) is 10.7. The second-order valence-corrected chi connectivity index (χ2v) is 9.00. The van der Waals surface area contributed by atoms with Crippen molar-refractivity contribution in [3.05, 3.63) is 69.1 Å². The minimum absolute atomic E-state index is 0.00273. The van der Waals surface area contributed by atoms with E-state index in [4.69, 9.17) is 11.6 Å². The third-order valence-electron chi connectivity index (χ3n) is 6.19. The fourth-order valence-corrected chi connectivity index (χ4v) is 4.28. The number of carbonyl (C=O) groups is 1. The van der Waals surface area contributed by atoms with Crippen LogP contribution in [0, 0.1) is 0 Å². The molecule has 1 amide bonds. The maximum absolute atomic E-state index is 13.6. The summed E-state index contributed by atoms with van der Waals surface area (Å²) in [4.78, 5) is 41.1. The highest BCUT2D eigenvalue weighted by Crippen LogP contribution is 2.40. The molecule has 37 heavy (non-hydrogen) atoms. The van der Waals surface area contributed by atoms with Gasteiger partial charge in [-0.15, -0.1) is 0 Å². The molecule has 0 spiro atoms. The lowest BCUT2D eigenvalue weighted by atomic mass is 9.81. The Morgan fingerprint density at radius 1 is 1.14 bits per heavy atom. The number of amides is 1. The highest BCUT2D eigenvalue weighted by Gasteiger charge is 2.56. The van der Waals surface area contributed by atoms with Gasteiger partial charge in [0.1, 0.15) is 23.4 Å². The van der Waals surface area contributed by atoms with Gasteiger partial charge in [0.25, 0.3) is 5.56 Å². The smallest absolute Gasteiger partial charge is 0.309 e. The van der Waals surface area contributed by atoms with Crippen molar-refractivity contribution in [2.24, 2.45) is 0 Å². The van der Waals surface area contributed by atoms with Gasteiger partial charge in [0, 0.05) is 24.4 Å². The summed E-state index contributed by atoms with van der Waals surface area (Å²) in [5, 5.41) is 6.82. The third-order valence-corrected chi connectivity index (χ3v) is 6.42. The van der Waals surface area contributed by atoms with Gasteiger partial charge in [-0.05, 0) is 37.1 Å². The highest BCUT2D eigenvalue weighted by atomic mass is 35.5. The monoisotopic (exact) mass is 539 g/mol. The molecule has 0 aliphatic carbocycles. The average molecular weight is 540 g/mol. The molecular weight excluding hydrogens is 525 g/mol. The normalized spacial score (nSPS) is 17.8. The van der Waals surface area contributed by atoms with Crippen molar-refractivity contribution < 1.29 is 26.7 Å². The summed E-state index contributed by atoms with van der Waals surface area (Å²) < 4.78 is 66.3. The van der Waals surface area contributed by atoms with E-state index in [2.05, 4.69) is 30.4 Å². The molecule has 0 bridgehead atoms. The topological polar surface area (TPSA) is 118 Å². The maximum Gasteiger partial charge on any atom is 0.453 e. The molecule has 0 aromatic carbocycles. The average Bonchev–Trinajstić information content (AvgIpc) is 3.40. The Morgan fingerprint density at radius 2 is 1.89 bits per heavy atom. The Kier molecular flexibility index (Phi) is 5.55. The van der Waals surface area contributed by atoms with Crippen LogP contribution in [0.3, 0.4) is 0 Å². The van der Waals surface area contributed by atoms with Crippen molar-refractivity contribution in [1.82, 2.24) is 29.5 Å². The van der Waals surface area contributed by atoms with Crippen molar-refractivity contribution in [3.8, 4) is 11.4 Å². The number of aromatic amines is 1. The van der Waals surface area contributed by atoms with Crippen LogP contribution in [-0.4, -0.2) is 47.6 Å². The predicted molar refractivity (Wildman–Crippen MR) is 120 cm³/mol. The van der Waals surface area contributed by atoms with Crippen molar-refractivity contribution in [1.29, 1.82) is 0 Å². The number of hydrogen-bond donors (Lipinski definition) is 2. The summed E-state index contributed by atoms with van der Waals surface area (Å²) in [6.07, 6.45) is -4.09. The number of halogens is 6. The van der Waals surface area contributed by atoms with Gasteiger partial charge >= 0.3 is 12.1 Å². The predicted octanol–water partition coefficient (Wildman–Crippen LogP) is 3.92. The molecule has 0 saturated heterocycles. The number of rotatable bonds is 5. The Morgan fingerprint density at radius 3 is 2.57 bits per heavy atom. The molecular formula is C22H15ClF5N7O2.